The van der Waals surface area contributed by atoms with Crippen LogP contribution >= 0.6 is 0 Å². The third kappa shape index (κ3) is 2.49. The van der Waals surface area contributed by atoms with Gasteiger partial charge in [-0.1, -0.05) is 6.08 Å². The summed E-state index contributed by atoms with van der Waals surface area (Å²) in [5, 5.41) is 8.65. The third-order valence-corrected chi connectivity index (χ3v) is 1.96. The molecular formula is C9H12O3. The minimum absolute atomic E-state index is 0.0448. The summed E-state index contributed by atoms with van der Waals surface area (Å²) in [4.78, 5) is 21.6. The fraction of sp³-hybridized carbons (Fsp3) is 0.556. The third-order valence-electron chi connectivity index (χ3n) is 1.96. The second kappa shape index (κ2) is 4.04. The normalized spacial score (nSPS) is 19.3. The highest BCUT2D eigenvalue weighted by Gasteiger charge is 2.13. The van der Waals surface area contributed by atoms with Crippen LogP contribution in [0.5, 0.6) is 0 Å². The average Bonchev–Trinajstić information content (AvgIpc) is 1.95. The summed E-state index contributed by atoms with van der Waals surface area (Å²) in [6.45, 7) is 0. The van der Waals surface area contributed by atoms with Crippen LogP contribution in [0, 0.1) is 0 Å². The quantitative estimate of drug-likeness (QED) is 0.646. The number of hydrogen-bond donors (Lipinski definition) is 1. The summed E-state index contributed by atoms with van der Waals surface area (Å²) in [5.74, 6) is -0.909. The first-order valence-electron chi connectivity index (χ1n) is 4.14. The van der Waals surface area contributed by atoms with Gasteiger partial charge in [-0.3, -0.25) is 4.79 Å². The molecule has 0 aromatic carbocycles. The minimum Gasteiger partial charge on any atom is -0.478 e. The molecule has 12 heavy (non-hydrogen) atoms. The molecule has 0 fully saturated rings. The summed E-state index contributed by atoms with van der Waals surface area (Å²) in [7, 11) is 0. The predicted molar refractivity (Wildman–Crippen MR) is 43.8 cm³/mol. The smallest absolute Gasteiger partial charge is 0.331 e. The lowest BCUT2D eigenvalue weighted by Crippen LogP contribution is -2.09. The zero-order valence-electron chi connectivity index (χ0n) is 6.88. The van der Waals surface area contributed by atoms with Crippen LogP contribution in [-0.4, -0.2) is 16.9 Å². The van der Waals surface area contributed by atoms with E-state index >= 15 is 0 Å². The van der Waals surface area contributed by atoms with E-state index in [9.17, 15) is 9.59 Å². The van der Waals surface area contributed by atoms with Gasteiger partial charge in [0.25, 0.3) is 0 Å². The van der Waals surface area contributed by atoms with Crippen LogP contribution in [0.4, 0.5) is 0 Å². The average molecular weight is 168 g/mol. The molecule has 0 aliphatic heterocycles. The summed E-state index contributed by atoms with van der Waals surface area (Å²) < 4.78 is 0. The summed E-state index contributed by atoms with van der Waals surface area (Å²) >= 11 is 0. The van der Waals surface area contributed by atoms with Gasteiger partial charge in [-0.25, -0.2) is 4.79 Å². The lowest BCUT2D eigenvalue weighted by molar-refractivity contribution is -0.134. The molecule has 1 N–H and O–H groups in total. The molecule has 1 rings (SSSR count). The number of hydrogen-bond acceptors (Lipinski definition) is 2. The van der Waals surface area contributed by atoms with E-state index in [1.165, 1.54) is 0 Å². The standard InChI is InChI=1S/C9H12O3/c10-8-5-3-1-2-4-7(6-8)9(11)12/h4H,1-3,5-6H2,(H,11,12). The lowest BCUT2D eigenvalue weighted by Gasteiger charge is -2.06. The van der Waals surface area contributed by atoms with Gasteiger partial charge in [-0.2, -0.15) is 0 Å². The van der Waals surface area contributed by atoms with Gasteiger partial charge >= 0.3 is 5.97 Å². The number of carbonyl (C=O) groups excluding carboxylic acids is 1. The number of ketones is 1. The Morgan fingerprint density at radius 3 is 2.83 bits per heavy atom. The van der Waals surface area contributed by atoms with Gasteiger partial charge in [0.1, 0.15) is 5.78 Å². The summed E-state index contributed by atoms with van der Waals surface area (Å²) in [6, 6.07) is 0. The van der Waals surface area contributed by atoms with Crippen molar-refractivity contribution in [3.05, 3.63) is 11.6 Å². The Morgan fingerprint density at radius 1 is 1.42 bits per heavy atom. The van der Waals surface area contributed by atoms with E-state index < -0.39 is 5.97 Å². The maximum Gasteiger partial charge on any atom is 0.331 e. The van der Waals surface area contributed by atoms with Crippen LogP contribution in [0.2, 0.25) is 0 Å². The number of carboxylic acid groups (broad SMARTS) is 1. The van der Waals surface area contributed by atoms with Crippen LogP contribution in [0.3, 0.4) is 0 Å². The predicted octanol–water partition coefficient (Wildman–Crippen LogP) is 1.53. The van der Waals surface area contributed by atoms with Gasteiger partial charge in [0.2, 0.25) is 0 Å². The molecule has 0 radical (unpaired) electrons. The number of aliphatic carboxylic acids is 1. The fourth-order valence-corrected chi connectivity index (χ4v) is 1.28. The number of carboxylic acids is 1. The Labute approximate surface area is 71.1 Å². The number of Topliss-reactive ketones (excluding diaryl/α,β-unsaturated/α-hetero) is 1. The highest BCUT2D eigenvalue weighted by molar-refractivity contribution is 5.94. The molecule has 0 bridgehead atoms. The largest absolute Gasteiger partial charge is 0.478 e. The Balaban J connectivity index is 2.68. The molecule has 0 saturated heterocycles. The Kier molecular flexibility index (Phi) is 3.02. The van der Waals surface area contributed by atoms with Gasteiger partial charge in [-0.05, 0) is 19.3 Å². The molecule has 0 saturated carbocycles. The maximum absolute atomic E-state index is 11.0. The van der Waals surface area contributed by atoms with E-state index in [1.807, 2.05) is 0 Å². The molecule has 0 aromatic rings. The van der Waals surface area contributed by atoms with Crippen LogP contribution in [0.1, 0.15) is 32.1 Å². The van der Waals surface area contributed by atoms with Crippen LogP contribution in [0.25, 0.3) is 0 Å². The molecule has 0 amide bonds. The van der Waals surface area contributed by atoms with Crippen molar-refractivity contribution in [2.45, 2.75) is 32.1 Å². The molecule has 0 heterocycles. The van der Waals surface area contributed by atoms with Crippen molar-refractivity contribution >= 4 is 11.8 Å². The van der Waals surface area contributed by atoms with Crippen molar-refractivity contribution in [3.8, 4) is 0 Å². The molecule has 3 nitrogen and oxygen atoms in total. The Morgan fingerprint density at radius 2 is 2.17 bits per heavy atom. The molecule has 1 aliphatic rings. The SMILES string of the molecule is O=C1CCCCC=C(C(=O)O)C1. The van der Waals surface area contributed by atoms with Crippen LogP contribution < -0.4 is 0 Å². The first-order valence-corrected chi connectivity index (χ1v) is 4.14. The molecule has 0 aromatic heterocycles. The molecule has 3 heteroatoms. The van der Waals surface area contributed by atoms with Gasteiger partial charge in [-0.15, -0.1) is 0 Å². The number of rotatable bonds is 1. The zero-order chi connectivity index (χ0) is 8.97. The van der Waals surface area contributed by atoms with E-state index in [1.54, 1.807) is 6.08 Å². The number of allylic oxidation sites excluding steroid dienone is 1. The van der Waals surface area contributed by atoms with Gasteiger partial charge in [0.15, 0.2) is 0 Å². The van der Waals surface area contributed by atoms with Gasteiger partial charge in [0.05, 0.1) is 0 Å². The van der Waals surface area contributed by atoms with Crippen LogP contribution in [-0.2, 0) is 9.59 Å². The molecule has 0 unspecified atom stereocenters. The summed E-state index contributed by atoms with van der Waals surface area (Å²) in [5.41, 5.74) is 0.264. The van der Waals surface area contributed by atoms with E-state index in [4.69, 9.17) is 5.11 Å². The molecule has 0 atom stereocenters. The van der Waals surface area contributed by atoms with Crippen LogP contribution in [0.15, 0.2) is 11.6 Å². The number of carbonyl (C=O) groups is 2. The monoisotopic (exact) mass is 168 g/mol. The van der Waals surface area contributed by atoms with E-state index in [2.05, 4.69) is 0 Å². The minimum atomic E-state index is -0.953. The molecular weight excluding hydrogens is 156 g/mol. The van der Waals surface area contributed by atoms with Crippen molar-refractivity contribution in [2.24, 2.45) is 0 Å². The van der Waals surface area contributed by atoms with E-state index in [0.717, 1.165) is 19.3 Å². The second-order valence-electron chi connectivity index (χ2n) is 3.00. The Hall–Kier alpha value is -1.12. The maximum atomic E-state index is 11.0. The molecule has 0 spiro atoms. The van der Waals surface area contributed by atoms with E-state index in [-0.39, 0.29) is 17.8 Å². The van der Waals surface area contributed by atoms with Crippen molar-refractivity contribution in [2.75, 3.05) is 0 Å². The molecule has 1 aliphatic carbocycles. The first kappa shape index (κ1) is 8.97. The zero-order valence-corrected chi connectivity index (χ0v) is 6.88. The second-order valence-corrected chi connectivity index (χ2v) is 3.00. The van der Waals surface area contributed by atoms with Gasteiger partial charge < -0.3 is 5.11 Å². The Bertz CT molecular complexity index is 228. The fourth-order valence-electron chi connectivity index (χ4n) is 1.28. The molecule has 66 valence electrons. The highest BCUT2D eigenvalue weighted by atomic mass is 16.4. The topological polar surface area (TPSA) is 54.4 Å². The highest BCUT2D eigenvalue weighted by Crippen LogP contribution is 2.14. The van der Waals surface area contributed by atoms with Crippen molar-refractivity contribution < 1.29 is 14.7 Å². The lowest BCUT2D eigenvalue weighted by atomic mass is 9.99. The van der Waals surface area contributed by atoms with Gasteiger partial charge in [0, 0.05) is 18.4 Å². The van der Waals surface area contributed by atoms with Crippen molar-refractivity contribution in [3.63, 3.8) is 0 Å². The van der Waals surface area contributed by atoms with Crippen molar-refractivity contribution in [1.82, 2.24) is 0 Å². The van der Waals surface area contributed by atoms with Crippen molar-refractivity contribution in [1.29, 1.82) is 0 Å². The summed E-state index contributed by atoms with van der Waals surface area (Å²) in [6.07, 6.45) is 4.90. The first-order chi connectivity index (χ1) is 5.70. The van der Waals surface area contributed by atoms with E-state index in [0.29, 0.717) is 6.42 Å².